The summed E-state index contributed by atoms with van der Waals surface area (Å²) in [6, 6.07) is 24.8. The van der Waals surface area contributed by atoms with Crippen molar-refractivity contribution in [2.45, 2.75) is 26.4 Å². The van der Waals surface area contributed by atoms with Crippen molar-refractivity contribution in [3.05, 3.63) is 106 Å². The van der Waals surface area contributed by atoms with Gasteiger partial charge >= 0.3 is 0 Å². The second kappa shape index (κ2) is 10.8. The summed E-state index contributed by atoms with van der Waals surface area (Å²) in [6.45, 7) is 4.67. The maximum atomic E-state index is 12.4. The van der Waals surface area contributed by atoms with E-state index in [-0.39, 0.29) is 5.91 Å². The first-order valence-electron chi connectivity index (χ1n) is 10.9. The maximum Gasteiger partial charge on any atom is 0.289 e. The molecule has 0 aliphatic rings. The van der Waals surface area contributed by atoms with E-state index in [0.29, 0.717) is 34.7 Å². The lowest BCUT2D eigenvalue weighted by molar-refractivity contribution is 0.0950. The molecule has 4 rings (SSSR count). The summed E-state index contributed by atoms with van der Waals surface area (Å²) in [7, 11) is 0. The molecule has 1 heterocycles. The second-order valence-electron chi connectivity index (χ2n) is 8.09. The number of aromatic nitrogens is 2. The zero-order valence-corrected chi connectivity index (χ0v) is 19.7. The Hall–Kier alpha value is -3.90. The Labute approximate surface area is 203 Å². The number of halogens is 1. The fraction of sp³-hybridized carbons (Fsp3) is 0.148. The van der Waals surface area contributed by atoms with E-state index in [1.165, 1.54) is 5.56 Å². The number of benzene rings is 3. The Balaban J connectivity index is 1.33. The highest BCUT2D eigenvalue weighted by atomic mass is 35.5. The number of hydrogen-bond donors (Lipinski definition) is 2. The molecule has 0 bridgehead atoms. The number of amides is 1. The van der Waals surface area contributed by atoms with Gasteiger partial charge in [0.1, 0.15) is 18.1 Å². The number of hydrazone groups is 1. The standard InChI is InChI=1S/C27H25ClN4O2/c1-18(2)20-9-7-19(8-10-20)16-29-32-27(33)26-15-25(30-31-26)21-11-13-23(14-12-21)34-17-22-5-3-4-6-24(22)28/h3-16,18H,17H2,1-2H3,(H,30,31)(H,32,33)/b29-16-. The van der Waals surface area contributed by atoms with Gasteiger partial charge in [-0.05, 0) is 53.4 Å². The summed E-state index contributed by atoms with van der Waals surface area (Å²) >= 11 is 6.17. The van der Waals surface area contributed by atoms with Gasteiger partial charge in [-0.15, -0.1) is 0 Å². The van der Waals surface area contributed by atoms with Crippen LogP contribution >= 0.6 is 11.6 Å². The maximum absolute atomic E-state index is 12.4. The lowest BCUT2D eigenvalue weighted by Crippen LogP contribution is -2.18. The van der Waals surface area contributed by atoms with E-state index in [1.54, 1.807) is 12.3 Å². The Morgan fingerprint density at radius 2 is 1.82 bits per heavy atom. The van der Waals surface area contributed by atoms with E-state index in [2.05, 4.69) is 46.7 Å². The number of hydrogen-bond acceptors (Lipinski definition) is 4. The fourth-order valence-corrected chi connectivity index (χ4v) is 3.47. The van der Waals surface area contributed by atoms with Crippen molar-refractivity contribution in [1.29, 1.82) is 0 Å². The van der Waals surface area contributed by atoms with Crippen LogP contribution in [-0.2, 0) is 6.61 Å². The number of aromatic amines is 1. The molecule has 0 saturated heterocycles. The molecule has 0 radical (unpaired) electrons. The van der Waals surface area contributed by atoms with Crippen molar-refractivity contribution in [2.75, 3.05) is 0 Å². The van der Waals surface area contributed by atoms with Gasteiger partial charge in [-0.2, -0.15) is 10.2 Å². The van der Waals surface area contributed by atoms with Gasteiger partial charge in [-0.3, -0.25) is 9.89 Å². The molecule has 34 heavy (non-hydrogen) atoms. The van der Waals surface area contributed by atoms with E-state index in [9.17, 15) is 4.79 Å². The van der Waals surface area contributed by atoms with Crippen molar-refractivity contribution < 1.29 is 9.53 Å². The molecular formula is C27H25ClN4O2. The van der Waals surface area contributed by atoms with Crippen molar-refractivity contribution in [1.82, 2.24) is 15.6 Å². The highest BCUT2D eigenvalue weighted by Gasteiger charge is 2.11. The number of nitrogens with zero attached hydrogens (tertiary/aromatic N) is 2. The smallest absolute Gasteiger partial charge is 0.289 e. The van der Waals surface area contributed by atoms with Crippen molar-refractivity contribution >= 4 is 23.7 Å². The van der Waals surface area contributed by atoms with Crippen LogP contribution in [0.3, 0.4) is 0 Å². The zero-order chi connectivity index (χ0) is 23.9. The third-order valence-corrected chi connectivity index (χ3v) is 5.68. The molecule has 172 valence electrons. The molecule has 0 unspecified atom stereocenters. The fourth-order valence-electron chi connectivity index (χ4n) is 3.28. The van der Waals surface area contributed by atoms with Crippen LogP contribution in [0.1, 0.15) is 46.9 Å². The average molecular weight is 473 g/mol. The first-order chi connectivity index (χ1) is 16.5. The number of H-pyrrole nitrogens is 1. The predicted molar refractivity (Wildman–Crippen MR) is 135 cm³/mol. The molecule has 4 aromatic rings. The molecule has 0 spiro atoms. The van der Waals surface area contributed by atoms with Gasteiger partial charge < -0.3 is 4.74 Å². The third kappa shape index (κ3) is 5.91. The van der Waals surface area contributed by atoms with E-state index in [0.717, 1.165) is 16.7 Å². The number of carbonyl (C=O) groups is 1. The second-order valence-corrected chi connectivity index (χ2v) is 8.50. The van der Waals surface area contributed by atoms with Crippen LogP contribution in [0.5, 0.6) is 5.75 Å². The van der Waals surface area contributed by atoms with E-state index in [4.69, 9.17) is 16.3 Å². The van der Waals surface area contributed by atoms with Crippen molar-refractivity contribution in [3.63, 3.8) is 0 Å². The van der Waals surface area contributed by atoms with E-state index >= 15 is 0 Å². The summed E-state index contributed by atoms with van der Waals surface area (Å²) in [4.78, 5) is 12.4. The summed E-state index contributed by atoms with van der Waals surface area (Å²) in [5.74, 6) is 0.818. The average Bonchev–Trinajstić information content (AvgIpc) is 3.35. The molecule has 7 heteroatoms. The van der Waals surface area contributed by atoms with Gasteiger partial charge in [0, 0.05) is 16.1 Å². The molecule has 0 aliphatic carbocycles. The predicted octanol–water partition coefficient (Wildman–Crippen LogP) is 6.20. The minimum Gasteiger partial charge on any atom is -0.489 e. The topological polar surface area (TPSA) is 79.4 Å². The van der Waals surface area contributed by atoms with Crippen molar-refractivity contribution in [3.8, 4) is 17.0 Å². The SMILES string of the molecule is CC(C)c1ccc(/C=N\NC(=O)c2cc(-c3ccc(OCc4ccccc4Cl)cc3)n[nH]2)cc1. The van der Waals surface area contributed by atoms with Gasteiger partial charge in [-0.1, -0.05) is 67.9 Å². The highest BCUT2D eigenvalue weighted by molar-refractivity contribution is 6.31. The minimum absolute atomic E-state index is 0.321. The molecule has 1 aromatic heterocycles. The van der Waals surface area contributed by atoms with Crippen LogP contribution in [0.15, 0.2) is 84.0 Å². The van der Waals surface area contributed by atoms with Crippen LogP contribution in [0.4, 0.5) is 0 Å². The van der Waals surface area contributed by atoms with Gasteiger partial charge in [0.25, 0.3) is 5.91 Å². The van der Waals surface area contributed by atoms with Crippen LogP contribution in [0.2, 0.25) is 5.02 Å². The monoisotopic (exact) mass is 472 g/mol. The molecule has 0 saturated carbocycles. The molecule has 0 aliphatic heterocycles. The molecule has 2 N–H and O–H groups in total. The Morgan fingerprint density at radius 3 is 2.53 bits per heavy atom. The van der Waals surface area contributed by atoms with E-state index in [1.807, 2.05) is 60.7 Å². The number of carbonyl (C=O) groups excluding carboxylic acids is 1. The van der Waals surface area contributed by atoms with Crippen LogP contribution in [0, 0.1) is 0 Å². The lowest BCUT2D eigenvalue weighted by atomic mass is 10.0. The molecule has 0 atom stereocenters. The van der Waals surface area contributed by atoms with E-state index < -0.39 is 0 Å². The number of nitrogens with one attached hydrogen (secondary N) is 2. The molecular weight excluding hydrogens is 448 g/mol. The summed E-state index contributed by atoms with van der Waals surface area (Å²) < 4.78 is 5.81. The first kappa shape index (κ1) is 23.3. The van der Waals surface area contributed by atoms with Gasteiger partial charge in [0.2, 0.25) is 0 Å². The summed E-state index contributed by atoms with van der Waals surface area (Å²) in [5, 5.41) is 11.7. The molecule has 1 amide bonds. The molecule has 3 aromatic carbocycles. The van der Waals surface area contributed by atoms with Crippen molar-refractivity contribution in [2.24, 2.45) is 5.10 Å². The Kier molecular flexibility index (Phi) is 7.40. The van der Waals surface area contributed by atoms with Gasteiger partial charge in [-0.25, -0.2) is 5.43 Å². The number of rotatable bonds is 8. The quantitative estimate of drug-likeness (QED) is 0.237. The Bertz CT molecular complexity index is 1280. The summed E-state index contributed by atoms with van der Waals surface area (Å²) in [5.41, 5.74) is 7.44. The summed E-state index contributed by atoms with van der Waals surface area (Å²) in [6.07, 6.45) is 1.61. The molecule has 6 nitrogen and oxygen atoms in total. The van der Waals surface area contributed by atoms with Gasteiger partial charge in [0.15, 0.2) is 0 Å². The Morgan fingerprint density at radius 1 is 1.09 bits per heavy atom. The minimum atomic E-state index is -0.367. The first-order valence-corrected chi connectivity index (χ1v) is 11.3. The van der Waals surface area contributed by atoms with Gasteiger partial charge in [0.05, 0.1) is 11.9 Å². The van der Waals surface area contributed by atoms with Crippen LogP contribution in [-0.4, -0.2) is 22.3 Å². The normalized spacial score (nSPS) is 11.2. The molecule has 0 fully saturated rings. The third-order valence-electron chi connectivity index (χ3n) is 5.31. The number of ether oxygens (including phenoxy) is 1. The van der Waals surface area contributed by atoms with Crippen LogP contribution in [0.25, 0.3) is 11.3 Å². The largest absolute Gasteiger partial charge is 0.489 e. The van der Waals surface area contributed by atoms with Crippen LogP contribution < -0.4 is 10.2 Å². The highest BCUT2D eigenvalue weighted by Crippen LogP contribution is 2.23. The zero-order valence-electron chi connectivity index (χ0n) is 19.0. The lowest BCUT2D eigenvalue weighted by Gasteiger charge is -2.08.